The van der Waals surface area contributed by atoms with E-state index in [0.29, 0.717) is 23.1 Å². The van der Waals surface area contributed by atoms with Gasteiger partial charge in [-0.3, -0.25) is 0 Å². The Balaban J connectivity index is 1.29. The molecule has 2 fully saturated rings. The van der Waals surface area contributed by atoms with Gasteiger partial charge < -0.3 is 13.8 Å². The van der Waals surface area contributed by atoms with Gasteiger partial charge >= 0.3 is 0 Å². The molecule has 2 aliphatic rings. The largest absolute Gasteiger partial charge is 0.487 e. The molecule has 3 aromatic rings. The van der Waals surface area contributed by atoms with Crippen LogP contribution in [0.5, 0.6) is 5.75 Å². The van der Waals surface area contributed by atoms with Crippen LogP contribution in [0.2, 0.25) is 0 Å². The molecule has 0 spiro atoms. The Labute approximate surface area is 162 Å². The van der Waals surface area contributed by atoms with E-state index < -0.39 is 10.0 Å². The first-order valence-electron chi connectivity index (χ1n) is 9.08. The molecular weight excluding hydrogens is 382 g/mol. The predicted molar refractivity (Wildman–Crippen MR) is 98.1 cm³/mol. The maximum atomic E-state index is 12.5. The fourth-order valence-corrected chi connectivity index (χ4v) is 4.57. The minimum Gasteiger partial charge on any atom is -0.487 e. The monoisotopic (exact) mass is 401 g/mol. The van der Waals surface area contributed by atoms with E-state index >= 15 is 0 Å². The Morgan fingerprint density at radius 1 is 1.21 bits per heavy atom. The molecule has 10 heteroatoms. The van der Waals surface area contributed by atoms with Gasteiger partial charge in [0.05, 0.1) is 25.0 Å². The molecule has 1 saturated heterocycles. The number of para-hydroxylation sites is 1. The number of ether oxygens (including phenoxy) is 1. The first-order valence-corrected chi connectivity index (χ1v) is 10.5. The minimum atomic E-state index is -3.59. The molecule has 5 rings (SSSR count). The van der Waals surface area contributed by atoms with E-state index in [1.54, 1.807) is 11.6 Å². The predicted octanol–water partition coefficient (Wildman–Crippen LogP) is 1.80. The molecule has 1 saturated carbocycles. The van der Waals surface area contributed by atoms with Crippen LogP contribution in [-0.2, 0) is 17.1 Å². The Morgan fingerprint density at radius 3 is 2.71 bits per heavy atom. The Hall–Kier alpha value is -2.72. The molecule has 1 aliphatic carbocycles. The summed E-state index contributed by atoms with van der Waals surface area (Å²) in [6, 6.07) is 7.42. The molecule has 1 aromatic carbocycles. The highest BCUT2D eigenvalue weighted by Gasteiger charge is 2.39. The van der Waals surface area contributed by atoms with Crippen molar-refractivity contribution in [2.45, 2.75) is 29.9 Å². The second-order valence-corrected chi connectivity index (χ2v) is 9.05. The molecule has 3 heterocycles. The van der Waals surface area contributed by atoms with Crippen LogP contribution in [0.1, 0.15) is 24.6 Å². The van der Waals surface area contributed by atoms with E-state index in [4.69, 9.17) is 9.26 Å². The fraction of sp³-hybridized carbons (Fsp3) is 0.389. The number of nitrogens with zero attached hydrogens (tertiary/aromatic N) is 5. The molecule has 146 valence electrons. The zero-order valence-corrected chi connectivity index (χ0v) is 16.0. The van der Waals surface area contributed by atoms with Gasteiger partial charge in [-0.1, -0.05) is 17.3 Å². The lowest BCUT2D eigenvalue weighted by Gasteiger charge is -2.37. The first kappa shape index (κ1) is 17.4. The highest BCUT2D eigenvalue weighted by Crippen LogP contribution is 2.40. The highest BCUT2D eigenvalue weighted by molar-refractivity contribution is 7.89. The molecule has 0 radical (unpaired) electrons. The summed E-state index contributed by atoms with van der Waals surface area (Å²) in [5, 5.41) is 4.10. The van der Waals surface area contributed by atoms with Crippen molar-refractivity contribution in [2.75, 3.05) is 13.1 Å². The number of aromatic nitrogens is 4. The Bertz CT molecular complexity index is 1110. The molecule has 0 bridgehead atoms. The van der Waals surface area contributed by atoms with Crippen molar-refractivity contribution in [2.24, 2.45) is 7.05 Å². The Morgan fingerprint density at radius 2 is 2.00 bits per heavy atom. The lowest BCUT2D eigenvalue weighted by atomic mass is 10.2. The first-order chi connectivity index (χ1) is 13.5. The number of imidazole rings is 1. The average Bonchev–Trinajstić information content (AvgIpc) is 3.20. The third-order valence-electron chi connectivity index (χ3n) is 4.90. The van der Waals surface area contributed by atoms with E-state index in [-0.39, 0.29) is 24.2 Å². The van der Waals surface area contributed by atoms with Crippen LogP contribution in [0.3, 0.4) is 0 Å². The number of benzene rings is 1. The van der Waals surface area contributed by atoms with E-state index in [0.717, 1.165) is 18.7 Å². The second kappa shape index (κ2) is 6.42. The van der Waals surface area contributed by atoms with Gasteiger partial charge in [-0.25, -0.2) is 13.4 Å². The molecule has 9 nitrogen and oxygen atoms in total. The van der Waals surface area contributed by atoms with Crippen LogP contribution in [0.15, 0.2) is 46.3 Å². The molecular formula is C18H19N5O4S. The summed E-state index contributed by atoms with van der Waals surface area (Å²) in [5.74, 6) is 2.17. The van der Waals surface area contributed by atoms with E-state index in [1.165, 1.54) is 16.8 Å². The molecule has 0 atom stereocenters. The summed E-state index contributed by atoms with van der Waals surface area (Å²) in [6.45, 7) is 0.537. The van der Waals surface area contributed by atoms with E-state index in [9.17, 15) is 8.42 Å². The zero-order chi connectivity index (χ0) is 19.3. The van der Waals surface area contributed by atoms with Crippen molar-refractivity contribution in [3.8, 4) is 17.2 Å². The average molecular weight is 401 g/mol. The van der Waals surface area contributed by atoms with Crippen LogP contribution < -0.4 is 4.74 Å². The lowest BCUT2D eigenvalue weighted by molar-refractivity contribution is 0.0764. The molecule has 1 aliphatic heterocycles. The summed E-state index contributed by atoms with van der Waals surface area (Å²) in [4.78, 5) is 8.42. The Kier molecular flexibility index (Phi) is 3.98. The van der Waals surface area contributed by atoms with Crippen LogP contribution in [-0.4, -0.2) is 51.6 Å². The van der Waals surface area contributed by atoms with Crippen LogP contribution in [0.25, 0.3) is 11.5 Å². The van der Waals surface area contributed by atoms with Crippen LogP contribution in [0.4, 0.5) is 0 Å². The topological polar surface area (TPSA) is 103 Å². The zero-order valence-electron chi connectivity index (χ0n) is 15.2. The summed E-state index contributed by atoms with van der Waals surface area (Å²) in [7, 11) is -1.85. The van der Waals surface area contributed by atoms with Crippen molar-refractivity contribution in [1.82, 2.24) is 24.0 Å². The second-order valence-electron chi connectivity index (χ2n) is 7.17. The van der Waals surface area contributed by atoms with Gasteiger partial charge in [-0.05, 0) is 25.0 Å². The van der Waals surface area contributed by atoms with Gasteiger partial charge in [-0.15, -0.1) is 0 Å². The number of aryl methyl sites for hydroxylation is 1. The van der Waals surface area contributed by atoms with Crippen LogP contribution in [0, 0.1) is 0 Å². The fourth-order valence-electron chi connectivity index (χ4n) is 3.10. The van der Waals surface area contributed by atoms with Gasteiger partial charge in [-0.2, -0.15) is 9.29 Å². The van der Waals surface area contributed by atoms with Gasteiger partial charge in [0.1, 0.15) is 11.9 Å². The van der Waals surface area contributed by atoms with Crippen LogP contribution >= 0.6 is 0 Å². The summed E-state index contributed by atoms with van der Waals surface area (Å²) < 4.78 is 39.5. The molecule has 2 aromatic heterocycles. The summed E-state index contributed by atoms with van der Waals surface area (Å²) in [5.41, 5.74) is 0.716. The third-order valence-corrected chi connectivity index (χ3v) is 6.61. The maximum absolute atomic E-state index is 12.5. The van der Waals surface area contributed by atoms with Gasteiger partial charge in [0, 0.05) is 19.2 Å². The number of hydrogen-bond acceptors (Lipinski definition) is 7. The number of rotatable bonds is 6. The summed E-state index contributed by atoms with van der Waals surface area (Å²) >= 11 is 0. The molecule has 28 heavy (non-hydrogen) atoms. The third kappa shape index (κ3) is 3.08. The SMILES string of the molecule is Cn1cnc(S(=O)(=O)N2CC(Oc3ccccc3-c3nc(C4CC4)no3)C2)c1. The normalized spacial score (nSPS) is 18.2. The number of hydrogen-bond donors (Lipinski definition) is 0. The van der Waals surface area contributed by atoms with Crippen molar-refractivity contribution in [1.29, 1.82) is 0 Å². The van der Waals surface area contributed by atoms with Gasteiger partial charge in [0.2, 0.25) is 0 Å². The lowest BCUT2D eigenvalue weighted by Crippen LogP contribution is -2.56. The van der Waals surface area contributed by atoms with Crippen molar-refractivity contribution in [3.63, 3.8) is 0 Å². The minimum absolute atomic E-state index is 0.0484. The van der Waals surface area contributed by atoms with Crippen molar-refractivity contribution >= 4 is 10.0 Å². The maximum Gasteiger partial charge on any atom is 0.262 e. The van der Waals surface area contributed by atoms with Crippen molar-refractivity contribution in [3.05, 3.63) is 42.6 Å². The molecule has 0 amide bonds. The standard InChI is InChI=1S/C18H19N5O4S/c1-22-10-16(19-11-22)28(24,25)23-8-13(9-23)26-15-5-3-2-4-14(15)18-20-17(21-27-18)12-6-7-12/h2-5,10-13H,6-9H2,1H3. The summed E-state index contributed by atoms with van der Waals surface area (Å²) in [6.07, 6.45) is 4.91. The molecule has 0 N–H and O–H groups in total. The van der Waals surface area contributed by atoms with E-state index in [2.05, 4.69) is 15.1 Å². The number of sulfonamides is 1. The smallest absolute Gasteiger partial charge is 0.262 e. The van der Waals surface area contributed by atoms with Gasteiger partial charge in [0.25, 0.3) is 15.9 Å². The van der Waals surface area contributed by atoms with Crippen molar-refractivity contribution < 1.29 is 17.7 Å². The van der Waals surface area contributed by atoms with Gasteiger partial charge in [0.15, 0.2) is 10.9 Å². The molecule has 0 unspecified atom stereocenters. The highest BCUT2D eigenvalue weighted by atomic mass is 32.2. The quantitative estimate of drug-likeness (QED) is 0.620. The van der Waals surface area contributed by atoms with E-state index in [1.807, 2.05) is 24.3 Å².